The van der Waals surface area contributed by atoms with Gasteiger partial charge in [0.1, 0.15) is 0 Å². The van der Waals surface area contributed by atoms with Crippen LogP contribution < -0.4 is 5.69 Å². The van der Waals surface area contributed by atoms with Crippen molar-refractivity contribution in [3.05, 3.63) is 46.4 Å². The van der Waals surface area contributed by atoms with Gasteiger partial charge in [-0.05, 0) is 39.7 Å². The fraction of sp³-hybridized carbons (Fsp3) is 0.526. The van der Waals surface area contributed by atoms with Crippen LogP contribution in [-0.4, -0.2) is 36.4 Å². The smallest absolute Gasteiger partial charge is 0.333 e. The number of carbonyl (C=O) groups is 1. The lowest BCUT2D eigenvalue weighted by molar-refractivity contribution is -0.135. The van der Waals surface area contributed by atoms with E-state index in [2.05, 4.69) is 10.2 Å². The molecule has 0 aliphatic heterocycles. The second-order valence-corrected chi connectivity index (χ2v) is 8.61. The molecule has 1 atom stereocenters. The van der Waals surface area contributed by atoms with Crippen molar-refractivity contribution in [2.75, 3.05) is 0 Å². The first-order chi connectivity index (χ1) is 12.2. The number of nitrogens with one attached hydrogen (secondary N) is 1. The standard InChI is InChI=1S/C19H28N4O2S/c1-6-12-22-17(25)20-21-18(22)26-14(2)16(24)23(19(3,4)5)13-15-10-8-7-9-11-15/h7-11,14H,6,12-13H2,1-5H3,(H,20,25)/t14-/m1/s1. The summed E-state index contributed by atoms with van der Waals surface area (Å²) in [6.45, 7) is 11.1. The summed E-state index contributed by atoms with van der Waals surface area (Å²) in [7, 11) is 0. The van der Waals surface area contributed by atoms with Gasteiger partial charge in [-0.1, -0.05) is 49.0 Å². The van der Waals surface area contributed by atoms with Crippen LogP contribution in [0.2, 0.25) is 0 Å². The van der Waals surface area contributed by atoms with Crippen LogP contribution in [0.25, 0.3) is 0 Å². The van der Waals surface area contributed by atoms with Gasteiger partial charge in [-0.3, -0.25) is 9.36 Å². The highest BCUT2D eigenvalue weighted by atomic mass is 32.2. The number of benzene rings is 1. The Kier molecular flexibility index (Phi) is 6.69. The predicted molar refractivity (Wildman–Crippen MR) is 105 cm³/mol. The highest BCUT2D eigenvalue weighted by molar-refractivity contribution is 8.00. The third-order valence-corrected chi connectivity index (χ3v) is 5.14. The number of thioether (sulfide) groups is 1. The highest BCUT2D eigenvalue weighted by Gasteiger charge is 2.31. The van der Waals surface area contributed by atoms with Crippen molar-refractivity contribution >= 4 is 17.7 Å². The zero-order valence-corrected chi connectivity index (χ0v) is 17.0. The first-order valence-electron chi connectivity index (χ1n) is 8.91. The van der Waals surface area contributed by atoms with Crippen molar-refractivity contribution < 1.29 is 4.79 Å². The van der Waals surface area contributed by atoms with Crippen molar-refractivity contribution in [1.82, 2.24) is 19.7 Å². The normalized spacial score (nSPS) is 12.8. The number of hydrogen-bond acceptors (Lipinski definition) is 4. The summed E-state index contributed by atoms with van der Waals surface area (Å²) < 4.78 is 1.59. The van der Waals surface area contributed by atoms with E-state index in [9.17, 15) is 9.59 Å². The van der Waals surface area contributed by atoms with Crippen LogP contribution in [0.15, 0.2) is 40.3 Å². The Bertz CT molecular complexity index is 777. The number of aromatic amines is 1. The number of hydrogen-bond donors (Lipinski definition) is 1. The lowest BCUT2D eigenvalue weighted by atomic mass is 10.0. The highest BCUT2D eigenvalue weighted by Crippen LogP contribution is 2.26. The summed E-state index contributed by atoms with van der Waals surface area (Å²) in [6.07, 6.45) is 0.831. The van der Waals surface area contributed by atoms with Gasteiger partial charge in [0.25, 0.3) is 0 Å². The van der Waals surface area contributed by atoms with Crippen molar-refractivity contribution in [2.24, 2.45) is 0 Å². The molecule has 26 heavy (non-hydrogen) atoms. The van der Waals surface area contributed by atoms with E-state index in [1.165, 1.54) is 11.8 Å². The Morgan fingerprint density at radius 3 is 2.54 bits per heavy atom. The minimum absolute atomic E-state index is 0.0323. The second-order valence-electron chi connectivity index (χ2n) is 7.30. The molecule has 1 N–H and O–H groups in total. The lowest BCUT2D eigenvalue weighted by Gasteiger charge is -2.37. The molecular weight excluding hydrogens is 348 g/mol. The molecule has 0 unspecified atom stereocenters. The fourth-order valence-electron chi connectivity index (χ4n) is 2.65. The Hall–Kier alpha value is -2.02. The number of rotatable bonds is 7. The first kappa shape index (κ1) is 20.3. The van der Waals surface area contributed by atoms with E-state index in [4.69, 9.17) is 0 Å². The maximum absolute atomic E-state index is 13.2. The zero-order chi connectivity index (χ0) is 19.3. The maximum Gasteiger partial charge on any atom is 0.343 e. The first-order valence-corrected chi connectivity index (χ1v) is 9.79. The Balaban J connectivity index is 2.18. The van der Waals surface area contributed by atoms with E-state index >= 15 is 0 Å². The second kappa shape index (κ2) is 8.58. The van der Waals surface area contributed by atoms with Crippen molar-refractivity contribution in [3.63, 3.8) is 0 Å². The number of amides is 1. The summed E-state index contributed by atoms with van der Waals surface area (Å²) in [5.41, 5.74) is 0.553. The molecule has 0 fully saturated rings. The molecule has 2 rings (SSSR count). The Morgan fingerprint density at radius 2 is 1.96 bits per heavy atom. The van der Waals surface area contributed by atoms with Crippen LogP contribution in [0.5, 0.6) is 0 Å². The van der Waals surface area contributed by atoms with Gasteiger partial charge in [0.2, 0.25) is 5.91 Å². The molecule has 1 amide bonds. The molecule has 1 heterocycles. The van der Waals surface area contributed by atoms with Gasteiger partial charge < -0.3 is 4.90 Å². The molecule has 1 aromatic heterocycles. The fourth-order valence-corrected chi connectivity index (χ4v) is 3.60. The number of aromatic nitrogens is 3. The molecule has 0 bridgehead atoms. The number of nitrogens with zero attached hydrogens (tertiary/aromatic N) is 3. The van der Waals surface area contributed by atoms with E-state index in [1.54, 1.807) is 4.57 Å². The predicted octanol–water partition coefficient (Wildman–Crippen LogP) is 3.29. The number of carbonyl (C=O) groups excluding carboxylic acids is 1. The van der Waals surface area contributed by atoms with Gasteiger partial charge in [-0.15, -0.1) is 5.10 Å². The molecule has 0 aliphatic carbocycles. The zero-order valence-electron chi connectivity index (χ0n) is 16.2. The molecule has 1 aromatic carbocycles. The largest absolute Gasteiger partial charge is 0.343 e. The minimum Gasteiger partial charge on any atom is -0.333 e. The minimum atomic E-state index is -0.344. The van der Waals surface area contributed by atoms with Crippen molar-refractivity contribution in [2.45, 2.75) is 70.1 Å². The number of H-pyrrole nitrogens is 1. The lowest BCUT2D eigenvalue weighted by Crippen LogP contribution is -2.48. The molecule has 0 spiro atoms. The molecule has 0 aliphatic rings. The van der Waals surface area contributed by atoms with Crippen molar-refractivity contribution in [1.29, 1.82) is 0 Å². The van der Waals surface area contributed by atoms with Gasteiger partial charge in [0, 0.05) is 18.6 Å². The summed E-state index contributed by atoms with van der Waals surface area (Å²) >= 11 is 1.32. The van der Waals surface area contributed by atoms with Crippen LogP contribution in [0, 0.1) is 0 Å². The molecule has 7 heteroatoms. The van der Waals surface area contributed by atoms with Crippen LogP contribution in [0.3, 0.4) is 0 Å². The monoisotopic (exact) mass is 376 g/mol. The van der Waals surface area contributed by atoms with Gasteiger partial charge in [-0.2, -0.15) is 0 Å². The van der Waals surface area contributed by atoms with Crippen LogP contribution in [0.4, 0.5) is 0 Å². The topological polar surface area (TPSA) is 71.0 Å². The third-order valence-electron chi connectivity index (χ3n) is 4.06. The average Bonchev–Trinajstić information content (AvgIpc) is 2.92. The Morgan fingerprint density at radius 1 is 1.31 bits per heavy atom. The van der Waals surface area contributed by atoms with Gasteiger partial charge in [-0.25, -0.2) is 9.89 Å². The van der Waals surface area contributed by atoms with E-state index in [1.807, 2.05) is 69.9 Å². The maximum atomic E-state index is 13.2. The van der Waals surface area contributed by atoms with E-state index < -0.39 is 0 Å². The van der Waals surface area contributed by atoms with Crippen LogP contribution in [0.1, 0.15) is 46.6 Å². The van der Waals surface area contributed by atoms with Crippen LogP contribution in [-0.2, 0) is 17.9 Å². The summed E-state index contributed by atoms with van der Waals surface area (Å²) in [5.74, 6) is 0.0323. The van der Waals surface area contributed by atoms with Crippen LogP contribution >= 0.6 is 11.8 Å². The van der Waals surface area contributed by atoms with Crippen molar-refractivity contribution in [3.8, 4) is 0 Å². The van der Waals surface area contributed by atoms with E-state index in [0.717, 1.165) is 12.0 Å². The molecule has 0 saturated heterocycles. The average molecular weight is 377 g/mol. The van der Waals surface area contributed by atoms with E-state index in [-0.39, 0.29) is 22.4 Å². The van der Waals surface area contributed by atoms with E-state index in [0.29, 0.717) is 18.2 Å². The molecule has 6 nitrogen and oxygen atoms in total. The molecule has 142 valence electrons. The SMILES string of the molecule is CCCn1c(S[C@H](C)C(=O)N(Cc2ccccc2)C(C)(C)C)n[nH]c1=O. The summed E-state index contributed by atoms with van der Waals surface area (Å²) in [6, 6.07) is 9.97. The van der Waals surface area contributed by atoms with Gasteiger partial charge in [0.15, 0.2) is 5.16 Å². The molecule has 0 saturated carbocycles. The van der Waals surface area contributed by atoms with Gasteiger partial charge >= 0.3 is 5.69 Å². The molecule has 2 aromatic rings. The quantitative estimate of drug-likeness (QED) is 0.753. The van der Waals surface area contributed by atoms with Gasteiger partial charge in [0.05, 0.1) is 5.25 Å². The third kappa shape index (κ3) is 5.00. The summed E-state index contributed by atoms with van der Waals surface area (Å²) in [5, 5.41) is 6.77. The summed E-state index contributed by atoms with van der Waals surface area (Å²) in [4.78, 5) is 26.9. The molecule has 0 radical (unpaired) electrons. The Labute approximate surface area is 159 Å². The molecular formula is C19H28N4O2S.